The molecule has 2 N–H and O–H groups in total. The Balaban J connectivity index is 1.90. The molecule has 0 radical (unpaired) electrons. The Hall–Kier alpha value is -1.00. The number of nitrogens with zero attached hydrogens (tertiary/aromatic N) is 1. The Morgan fingerprint density at radius 1 is 1.15 bits per heavy atom. The zero-order chi connectivity index (χ0) is 14.4. The Morgan fingerprint density at radius 2 is 1.75 bits per heavy atom. The molecule has 2 saturated heterocycles. The van der Waals surface area contributed by atoms with E-state index in [2.05, 4.69) is 4.90 Å². The van der Waals surface area contributed by atoms with Crippen molar-refractivity contribution in [3.63, 3.8) is 0 Å². The predicted octanol–water partition coefficient (Wildman–Crippen LogP) is 3.29. The van der Waals surface area contributed by atoms with Crippen LogP contribution in [0.3, 0.4) is 0 Å². The summed E-state index contributed by atoms with van der Waals surface area (Å²) in [5.41, 5.74) is 6.91. The molecule has 0 aromatic heterocycles. The van der Waals surface area contributed by atoms with Gasteiger partial charge in [0.05, 0.1) is 0 Å². The number of hydrogen-bond acceptors (Lipinski definition) is 2. The van der Waals surface area contributed by atoms with Crippen molar-refractivity contribution in [2.24, 2.45) is 5.73 Å². The summed E-state index contributed by atoms with van der Waals surface area (Å²) < 4.78 is 27.9. The van der Waals surface area contributed by atoms with E-state index in [1.807, 2.05) is 6.92 Å². The Bertz CT molecular complexity index is 503. The van der Waals surface area contributed by atoms with Gasteiger partial charge in [-0.25, -0.2) is 8.78 Å². The number of hydrogen-bond donors (Lipinski definition) is 1. The summed E-state index contributed by atoms with van der Waals surface area (Å²) in [6.07, 6.45) is 4.19. The fourth-order valence-corrected chi connectivity index (χ4v) is 4.03. The van der Waals surface area contributed by atoms with E-state index in [1.54, 1.807) is 6.92 Å². The minimum absolute atomic E-state index is 0.0879. The van der Waals surface area contributed by atoms with Gasteiger partial charge in [0.15, 0.2) is 0 Å². The first-order chi connectivity index (χ1) is 9.47. The number of aryl methyl sites for hydroxylation is 1. The third-order valence-corrected chi connectivity index (χ3v) is 5.00. The van der Waals surface area contributed by atoms with Crippen LogP contribution in [0.5, 0.6) is 0 Å². The van der Waals surface area contributed by atoms with E-state index in [9.17, 15) is 8.78 Å². The van der Waals surface area contributed by atoms with E-state index in [-0.39, 0.29) is 23.7 Å². The molecule has 20 heavy (non-hydrogen) atoms. The zero-order valence-electron chi connectivity index (χ0n) is 12.1. The minimum atomic E-state index is -0.325. The van der Waals surface area contributed by atoms with Crippen molar-refractivity contribution in [1.82, 2.24) is 4.90 Å². The summed E-state index contributed by atoms with van der Waals surface area (Å²) >= 11 is 0. The first-order valence-corrected chi connectivity index (χ1v) is 7.46. The van der Waals surface area contributed by atoms with Gasteiger partial charge in [-0.2, -0.15) is 0 Å². The molecule has 0 aliphatic carbocycles. The first kappa shape index (κ1) is 14.0. The number of fused-ring (bicyclic) bond motifs is 2. The van der Waals surface area contributed by atoms with Gasteiger partial charge in [-0.1, -0.05) is 0 Å². The summed E-state index contributed by atoms with van der Waals surface area (Å²) in [6, 6.07) is 3.68. The fraction of sp³-hybridized carbons (Fsp3) is 0.625. The fourth-order valence-electron chi connectivity index (χ4n) is 4.03. The highest BCUT2D eigenvalue weighted by Crippen LogP contribution is 2.41. The number of piperidine rings is 1. The second-order valence-corrected chi connectivity index (χ2v) is 6.36. The SMILES string of the molecule is Cc1cc(F)c(C(C)N2C3CCC2CC(N)C3)cc1F. The molecular formula is C16H22F2N2. The number of nitrogens with two attached hydrogens (primary N) is 1. The summed E-state index contributed by atoms with van der Waals surface area (Å²) in [6.45, 7) is 3.58. The van der Waals surface area contributed by atoms with E-state index in [0.717, 1.165) is 25.7 Å². The van der Waals surface area contributed by atoms with Crippen molar-refractivity contribution in [1.29, 1.82) is 0 Å². The van der Waals surface area contributed by atoms with Gasteiger partial charge in [0.1, 0.15) is 11.6 Å². The normalized spacial score (nSPS) is 31.6. The Labute approximate surface area is 118 Å². The maximum atomic E-state index is 14.2. The third kappa shape index (κ3) is 2.25. The van der Waals surface area contributed by atoms with Crippen LogP contribution in [0, 0.1) is 18.6 Å². The highest BCUT2D eigenvalue weighted by molar-refractivity contribution is 5.28. The van der Waals surface area contributed by atoms with Gasteiger partial charge in [0, 0.05) is 29.7 Å². The second kappa shape index (κ2) is 5.08. The third-order valence-electron chi connectivity index (χ3n) is 5.00. The predicted molar refractivity (Wildman–Crippen MR) is 75.4 cm³/mol. The molecule has 2 bridgehead atoms. The van der Waals surface area contributed by atoms with Crippen LogP contribution < -0.4 is 5.73 Å². The highest BCUT2D eigenvalue weighted by atomic mass is 19.1. The van der Waals surface area contributed by atoms with Crippen LogP contribution in [0.1, 0.15) is 49.8 Å². The summed E-state index contributed by atoms with van der Waals surface area (Å²) in [5, 5.41) is 0. The summed E-state index contributed by atoms with van der Waals surface area (Å²) in [7, 11) is 0. The molecule has 2 heterocycles. The van der Waals surface area contributed by atoms with Crippen molar-refractivity contribution in [3.8, 4) is 0 Å². The largest absolute Gasteiger partial charge is 0.328 e. The molecule has 4 heteroatoms. The smallest absolute Gasteiger partial charge is 0.128 e. The maximum absolute atomic E-state index is 14.2. The lowest BCUT2D eigenvalue weighted by atomic mass is 9.94. The minimum Gasteiger partial charge on any atom is -0.328 e. The lowest BCUT2D eigenvalue weighted by Crippen LogP contribution is -2.48. The monoisotopic (exact) mass is 280 g/mol. The van der Waals surface area contributed by atoms with Crippen LogP contribution in [0.2, 0.25) is 0 Å². The van der Waals surface area contributed by atoms with Crippen molar-refractivity contribution < 1.29 is 8.78 Å². The van der Waals surface area contributed by atoms with Crippen molar-refractivity contribution in [2.45, 2.75) is 63.7 Å². The quantitative estimate of drug-likeness (QED) is 0.900. The van der Waals surface area contributed by atoms with Gasteiger partial charge in [-0.05, 0) is 57.2 Å². The molecule has 2 aliphatic rings. The molecule has 2 fully saturated rings. The van der Waals surface area contributed by atoms with E-state index >= 15 is 0 Å². The molecule has 0 saturated carbocycles. The molecular weight excluding hydrogens is 258 g/mol. The molecule has 110 valence electrons. The molecule has 3 atom stereocenters. The lowest BCUT2D eigenvalue weighted by molar-refractivity contribution is 0.0835. The van der Waals surface area contributed by atoms with Crippen molar-refractivity contribution in [3.05, 3.63) is 34.9 Å². The molecule has 0 amide bonds. The lowest BCUT2D eigenvalue weighted by Gasteiger charge is -2.41. The van der Waals surface area contributed by atoms with Gasteiger partial charge < -0.3 is 5.73 Å². The van der Waals surface area contributed by atoms with E-state index in [0.29, 0.717) is 23.2 Å². The second-order valence-electron chi connectivity index (χ2n) is 6.36. The van der Waals surface area contributed by atoms with Crippen LogP contribution in [-0.2, 0) is 0 Å². The van der Waals surface area contributed by atoms with Gasteiger partial charge in [0.25, 0.3) is 0 Å². The van der Waals surface area contributed by atoms with Crippen LogP contribution in [-0.4, -0.2) is 23.0 Å². The van der Waals surface area contributed by atoms with Crippen molar-refractivity contribution in [2.75, 3.05) is 0 Å². The van der Waals surface area contributed by atoms with E-state index in [1.165, 1.54) is 12.1 Å². The van der Waals surface area contributed by atoms with E-state index < -0.39 is 0 Å². The van der Waals surface area contributed by atoms with Gasteiger partial charge in [-0.3, -0.25) is 4.90 Å². The average Bonchev–Trinajstić information content (AvgIpc) is 2.65. The Kier molecular flexibility index (Phi) is 3.55. The van der Waals surface area contributed by atoms with Crippen LogP contribution in [0.4, 0.5) is 8.78 Å². The van der Waals surface area contributed by atoms with Crippen molar-refractivity contribution >= 4 is 0 Å². The maximum Gasteiger partial charge on any atom is 0.128 e. The number of halogens is 2. The van der Waals surface area contributed by atoms with Crippen LogP contribution in [0.15, 0.2) is 12.1 Å². The molecule has 2 aliphatic heterocycles. The van der Waals surface area contributed by atoms with E-state index in [4.69, 9.17) is 5.73 Å². The molecule has 1 aromatic carbocycles. The van der Waals surface area contributed by atoms with Crippen LogP contribution >= 0.6 is 0 Å². The molecule has 3 unspecified atom stereocenters. The number of benzene rings is 1. The topological polar surface area (TPSA) is 29.3 Å². The summed E-state index contributed by atoms with van der Waals surface area (Å²) in [5.74, 6) is -0.625. The molecule has 2 nitrogen and oxygen atoms in total. The molecule has 1 aromatic rings. The summed E-state index contributed by atoms with van der Waals surface area (Å²) in [4.78, 5) is 2.36. The van der Waals surface area contributed by atoms with Gasteiger partial charge in [0.2, 0.25) is 0 Å². The first-order valence-electron chi connectivity index (χ1n) is 7.46. The molecule has 3 rings (SSSR count). The highest BCUT2D eigenvalue weighted by Gasteiger charge is 2.42. The van der Waals surface area contributed by atoms with Gasteiger partial charge >= 0.3 is 0 Å². The van der Waals surface area contributed by atoms with Crippen LogP contribution in [0.25, 0.3) is 0 Å². The zero-order valence-corrected chi connectivity index (χ0v) is 12.1. The number of rotatable bonds is 2. The average molecular weight is 280 g/mol. The van der Waals surface area contributed by atoms with Gasteiger partial charge in [-0.15, -0.1) is 0 Å². The standard InChI is InChI=1S/C16H22F2N2/c1-9-5-16(18)14(8-15(9)17)10(2)20-12-3-4-13(20)7-11(19)6-12/h5,8,10-13H,3-4,6-7,19H2,1-2H3. The molecule has 0 spiro atoms. The Morgan fingerprint density at radius 3 is 2.35 bits per heavy atom.